The highest BCUT2D eigenvalue weighted by molar-refractivity contribution is 7.91. The molecule has 0 spiro atoms. The SMILES string of the molecule is CC(C)Cc1sc(S(N)(=O)=O)c(-c2ccc(Cn3ccnc3C(C)(C)O)cc2)c1F. The van der Waals surface area contributed by atoms with E-state index in [0.717, 1.165) is 16.9 Å². The lowest BCUT2D eigenvalue weighted by molar-refractivity contribution is 0.0652. The third kappa shape index (κ3) is 4.80. The molecule has 0 aliphatic heterocycles. The number of aliphatic hydroxyl groups is 1. The number of rotatable bonds is 7. The van der Waals surface area contributed by atoms with E-state index in [1.807, 2.05) is 18.4 Å². The maximum atomic E-state index is 15.1. The van der Waals surface area contributed by atoms with E-state index >= 15 is 4.39 Å². The minimum absolute atomic E-state index is 0.0320. The van der Waals surface area contributed by atoms with Crippen LogP contribution in [0.5, 0.6) is 0 Å². The molecule has 6 nitrogen and oxygen atoms in total. The number of nitrogens with two attached hydrogens (primary N) is 1. The zero-order valence-corrected chi connectivity index (χ0v) is 19.0. The summed E-state index contributed by atoms with van der Waals surface area (Å²) in [5.41, 5.74) is 0.308. The Bertz CT molecular complexity index is 1140. The predicted octanol–water partition coefficient (Wildman–Crippen LogP) is 3.87. The number of benzene rings is 1. The van der Waals surface area contributed by atoms with E-state index in [9.17, 15) is 13.5 Å². The Morgan fingerprint density at radius 2 is 1.90 bits per heavy atom. The second-order valence-electron chi connectivity index (χ2n) is 8.28. The molecule has 30 heavy (non-hydrogen) atoms. The third-order valence-corrected chi connectivity index (χ3v) is 7.24. The first kappa shape index (κ1) is 22.6. The molecule has 0 atom stereocenters. The van der Waals surface area contributed by atoms with E-state index in [-0.39, 0.29) is 15.7 Å². The number of nitrogens with zero attached hydrogens (tertiary/aromatic N) is 2. The summed E-state index contributed by atoms with van der Waals surface area (Å²) in [6, 6.07) is 6.98. The minimum atomic E-state index is -4.05. The summed E-state index contributed by atoms with van der Waals surface area (Å²) >= 11 is 0.901. The largest absolute Gasteiger partial charge is 0.383 e. The molecule has 3 N–H and O–H groups in total. The molecular weight excluding hydrogens is 425 g/mol. The number of imidazole rings is 1. The maximum absolute atomic E-state index is 15.1. The highest BCUT2D eigenvalue weighted by atomic mass is 32.2. The van der Waals surface area contributed by atoms with Crippen LogP contribution in [0.3, 0.4) is 0 Å². The van der Waals surface area contributed by atoms with Crippen molar-refractivity contribution in [3.05, 3.63) is 58.7 Å². The van der Waals surface area contributed by atoms with Gasteiger partial charge < -0.3 is 9.67 Å². The van der Waals surface area contributed by atoms with Crippen LogP contribution >= 0.6 is 11.3 Å². The lowest BCUT2D eigenvalue weighted by Crippen LogP contribution is -2.22. The Morgan fingerprint density at radius 1 is 1.27 bits per heavy atom. The molecule has 0 saturated carbocycles. The van der Waals surface area contributed by atoms with Gasteiger partial charge in [0.05, 0.1) is 0 Å². The Morgan fingerprint density at radius 3 is 2.43 bits per heavy atom. The molecule has 0 radical (unpaired) electrons. The van der Waals surface area contributed by atoms with Crippen LogP contribution < -0.4 is 5.14 Å². The first-order chi connectivity index (χ1) is 13.9. The molecule has 2 aromatic heterocycles. The summed E-state index contributed by atoms with van der Waals surface area (Å²) in [6.45, 7) is 7.69. The lowest BCUT2D eigenvalue weighted by atomic mass is 10.0. The molecule has 0 fully saturated rings. The standard InChI is InChI=1S/C21H26FN3O3S2/c1-13(2)11-16-18(22)17(19(29-16)30(23,27)28)15-7-5-14(6-8-15)12-25-10-9-24-20(25)21(3,4)26/h5-10,13,26H,11-12H2,1-4H3,(H2,23,27,28). The van der Waals surface area contributed by atoms with Gasteiger partial charge in [-0.2, -0.15) is 0 Å². The minimum Gasteiger partial charge on any atom is -0.383 e. The number of aromatic nitrogens is 2. The average molecular weight is 452 g/mol. The van der Waals surface area contributed by atoms with Gasteiger partial charge in [-0.1, -0.05) is 38.1 Å². The van der Waals surface area contributed by atoms with Crippen molar-refractivity contribution in [1.82, 2.24) is 9.55 Å². The first-order valence-electron chi connectivity index (χ1n) is 9.55. The van der Waals surface area contributed by atoms with Gasteiger partial charge in [0.25, 0.3) is 0 Å². The molecule has 9 heteroatoms. The van der Waals surface area contributed by atoms with E-state index in [1.54, 1.807) is 50.5 Å². The fourth-order valence-corrected chi connectivity index (χ4v) is 5.72. The molecule has 0 bridgehead atoms. The topological polar surface area (TPSA) is 98.2 Å². The monoisotopic (exact) mass is 451 g/mol. The summed E-state index contributed by atoms with van der Waals surface area (Å²) in [5.74, 6) is 0.191. The average Bonchev–Trinajstić information content (AvgIpc) is 3.20. The Kier molecular flexibility index (Phi) is 6.20. The summed E-state index contributed by atoms with van der Waals surface area (Å²) in [5, 5.41) is 15.6. The smallest absolute Gasteiger partial charge is 0.248 e. The van der Waals surface area contributed by atoms with Crippen LogP contribution in [-0.2, 0) is 28.6 Å². The van der Waals surface area contributed by atoms with Gasteiger partial charge in [0.15, 0.2) is 0 Å². The molecule has 0 saturated heterocycles. The fourth-order valence-electron chi connectivity index (χ4n) is 3.32. The van der Waals surface area contributed by atoms with Crippen molar-refractivity contribution in [2.45, 2.75) is 50.5 Å². The normalized spacial score (nSPS) is 12.7. The van der Waals surface area contributed by atoms with Crippen molar-refractivity contribution < 1.29 is 17.9 Å². The van der Waals surface area contributed by atoms with Gasteiger partial charge in [0, 0.05) is 29.4 Å². The second kappa shape index (κ2) is 8.22. The molecule has 0 aliphatic carbocycles. The van der Waals surface area contributed by atoms with Crippen molar-refractivity contribution in [3.8, 4) is 11.1 Å². The summed E-state index contributed by atoms with van der Waals surface area (Å²) in [6.07, 6.45) is 3.84. The summed E-state index contributed by atoms with van der Waals surface area (Å²) < 4.78 is 40.9. The number of primary sulfonamides is 1. The molecular formula is C21H26FN3O3S2. The highest BCUT2D eigenvalue weighted by Gasteiger charge is 2.27. The van der Waals surface area contributed by atoms with E-state index in [0.29, 0.717) is 29.2 Å². The molecule has 3 rings (SSSR count). The van der Waals surface area contributed by atoms with Crippen LogP contribution in [0.2, 0.25) is 0 Å². The molecule has 0 amide bonds. The van der Waals surface area contributed by atoms with Gasteiger partial charge in [-0.3, -0.25) is 0 Å². The van der Waals surface area contributed by atoms with Crippen LogP contribution in [0.1, 0.15) is 44.0 Å². The van der Waals surface area contributed by atoms with Gasteiger partial charge in [-0.15, -0.1) is 11.3 Å². The van der Waals surface area contributed by atoms with Crippen molar-refractivity contribution in [1.29, 1.82) is 0 Å². The van der Waals surface area contributed by atoms with E-state index in [2.05, 4.69) is 4.98 Å². The van der Waals surface area contributed by atoms with Crippen molar-refractivity contribution in [2.75, 3.05) is 0 Å². The third-order valence-electron chi connectivity index (χ3n) is 4.59. The van der Waals surface area contributed by atoms with Crippen LogP contribution in [0, 0.1) is 11.7 Å². The zero-order valence-electron chi connectivity index (χ0n) is 17.4. The number of hydrogen-bond donors (Lipinski definition) is 2. The first-order valence-corrected chi connectivity index (χ1v) is 11.9. The summed E-state index contributed by atoms with van der Waals surface area (Å²) in [4.78, 5) is 4.60. The van der Waals surface area contributed by atoms with Crippen LogP contribution in [0.25, 0.3) is 11.1 Å². The molecule has 3 aromatic rings. The molecule has 162 valence electrons. The van der Waals surface area contributed by atoms with Crippen molar-refractivity contribution in [2.24, 2.45) is 11.1 Å². The van der Waals surface area contributed by atoms with Crippen molar-refractivity contribution in [3.63, 3.8) is 0 Å². The lowest BCUT2D eigenvalue weighted by Gasteiger charge is -2.18. The quantitative estimate of drug-likeness (QED) is 0.570. The summed E-state index contributed by atoms with van der Waals surface area (Å²) in [7, 11) is -4.05. The van der Waals surface area contributed by atoms with E-state index < -0.39 is 21.4 Å². The number of halogens is 1. The molecule has 0 aliphatic rings. The molecule has 0 unspecified atom stereocenters. The van der Waals surface area contributed by atoms with Crippen LogP contribution in [-0.4, -0.2) is 23.1 Å². The van der Waals surface area contributed by atoms with E-state index in [4.69, 9.17) is 5.14 Å². The number of sulfonamides is 1. The van der Waals surface area contributed by atoms with Crippen molar-refractivity contribution >= 4 is 21.4 Å². The predicted molar refractivity (Wildman–Crippen MR) is 116 cm³/mol. The van der Waals surface area contributed by atoms with Gasteiger partial charge >= 0.3 is 0 Å². The zero-order chi connectivity index (χ0) is 22.3. The Balaban J connectivity index is 1.97. The number of hydrogen-bond acceptors (Lipinski definition) is 5. The maximum Gasteiger partial charge on any atom is 0.248 e. The number of thiophene rings is 1. The Hall–Kier alpha value is -2.07. The van der Waals surface area contributed by atoms with Gasteiger partial charge in [-0.05, 0) is 37.3 Å². The van der Waals surface area contributed by atoms with Gasteiger partial charge in [-0.25, -0.2) is 22.9 Å². The van der Waals surface area contributed by atoms with Gasteiger partial charge in [0.1, 0.15) is 21.5 Å². The van der Waals surface area contributed by atoms with E-state index in [1.165, 1.54) is 0 Å². The van der Waals surface area contributed by atoms with Crippen LogP contribution in [0.15, 0.2) is 40.9 Å². The Labute approximate surface area is 180 Å². The van der Waals surface area contributed by atoms with Gasteiger partial charge in [0.2, 0.25) is 10.0 Å². The highest BCUT2D eigenvalue weighted by Crippen LogP contribution is 2.39. The van der Waals surface area contributed by atoms with Crippen LogP contribution in [0.4, 0.5) is 4.39 Å². The molecule has 1 aromatic carbocycles. The second-order valence-corrected chi connectivity index (χ2v) is 11.1. The molecule has 2 heterocycles. The fraction of sp³-hybridized carbons (Fsp3) is 0.381.